The predicted molar refractivity (Wildman–Crippen MR) is 117 cm³/mol. The van der Waals surface area contributed by atoms with Crippen molar-refractivity contribution in [3.8, 4) is 11.9 Å². The van der Waals surface area contributed by atoms with Crippen LogP contribution in [0.1, 0.15) is 56.4 Å². The summed E-state index contributed by atoms with van der Waals surface area (Å²) in [6, 6.07) is 14.8. The molecule has 1 amide bonds. The maximum Gasteiger partial charge on any atom is 0.255 e. The first-order valence-corrected chi connectivity index (χ1v) is 10.6. The Kier molecular flexibility index (Phi) is 6.69. The smallest absolute Gasteiger partial charge is 0.255 e. The van der Waals surface area contributed by atoms with Gasteiger partial charge in [-0.1, -0.05) is 12.1 Å². The van der Waals surface area contributed by atoms with E-state index in [1.807, 2.05) is 18.2 Å². The number of aromatic nitrogens is 2. The SMILES string of the molecule is N#Cc1ccc(COc2cccc(C3CCN(C(=O)c4ccc(C=O)nc4)CC3)n2)c(F)c1. The lowest BCUT2D eigenvalue weighted by atomic mass is 9.92. The molecule has 4 rings (SSSR count). The van der Waals surface area contributed by atoms with Gasteiger partial charge in [0.05, 0.1) is 17.2 Å². The van der Waals surface area contributed by atoms with Crippen LogP contribution in [0.15, 0.2) is 54.7 Å². The first kappa shape index (κ1) is 22.1. The molecule has 166 valence electrons. The molecule has 2 aromatic heterocycles. The summed E-state index contributed by atoms with van der Waals surface area (Å²) in [4.78, 5) is 33.8. The summed E-state index contributed by atoms with van der Waals surface area (Å²) < 4.78 is 19.8. The number of carbonyl (C=O) groups is 2. The van der Waals surface area contributed by atoms with Crippen molar-refractivity contribution in [2.75, 3.05) is 13.1 Å². The van der Waals surface area contributed by atoms with Gasteiger partial charge < -0.3 is 9.64 Å². The van der Waals surface area contributed by atoms with E-state index >= 15 is 0 Å². The highest BCUT2D eigenvalue weighted by atomic mass is 19.1. The van der Waals surface area contributed by atoms with Gasteiger partial charge in [0.15, 0.2) is 6.29 Å². The first-order valence-electron chi connectivity index (χ1n) is 10.6. The van der Waals surface area contributed by atoms with Gasteiger partial charge >= 0.3 is 0 Å². The Balaban J connectivity index is 1.35. The monoisotopic (exact) mass is 444 g/mol. The molecule has 0 saturated carbocycles. The standard InChI is InChI=1S/C25H21FN4O3/c26-22-12-17(13-27)4-5-20(22)16-33-24-3-1-2-23(29-24)18-8-10-30(11-9-18)25(32)19-6-7-21(15-31)28-14-19/h1-7,12,14-15,18H,8-11,16H2. The maximum absolute atomic E-state index is 14.1. The molecule has 1 aliphatic heterocycles. The third kappa shape index (κ3) is 5.21. The maximum atomic E-state index is 14.1. The van der Waals surface area contributed by atoms with Crippen LogP contribution < -0.4 is 4.74 Å². The van der Waals surface area contributed by atoms with Crippen molar-refractivity contribution in [2.45, 2.75) is 25.4 Å². The Morgan fingerprint density at radius 2 is 2.03 bits per heavy atom. The zero-order valence-corrected chi connectivity index (χ0v) is 17.8. The number of aldehydes is 1. The highest BCUT2D eigenvalue weighted by molar-refractivity contribution is 5.94. The molecule has 8 heteroatoms. The highest BCUT2D eigenvalue weighted by Crippen LogP contribution is 2.28. The molecule has 0 radical (unpaired) electrons. The van der Waals surface area contributed by atoms with E-state index < -0.39 is 5.82 Å². The van der Waals surface area contributed by atoms with Crippen molar-refractivity contribution in [3.63, 3.8) is 0 Å². The second-order valence-electron chi connectivity index (χ2n) is 7.76. The molecular formula is C25H21FN4O3. The van der Waals surface area contributed by atoms with E-state index in [1.165, 1.54) is 24.4 Å². The van der Waals surface area contributed by atoms with Crippen molar-refractivity contribution in [3.05, 3.63) is 88.6 Å². The average Bonchev–Trinajstić information content (AvgIpc) is 2.88. The molecule has 1 saturated heterocycles. The minimum Gasteiger partial charge on any atom is -0.473 e. The van der Waals surface area contributed by atoms with E-state index in [9.17, 15) is 14.0 Å². The Morgan fingerprint density at radius 1 is 1.21 bits per heavy atom. The van der Waals surface area contributed by atoms with Gasteiger partial charge in [-0.3, -0.25) is 14.6 Å². The van der Waals surface area contributed by atoms with Crippen LogP contribution in [0, 0.1) is 17.1 Å². The van der Waals surface area contributed by atoms with Crippen molar-refractivity contribution in [2.24, 2.45) is 0 Å². The predicted octanol–water partition coefficient (Wildman–Crippen LogP) is 3.90. The third-order valence-electron chi connectivity index (χ3n) is 5.66. The fourth-order valence-electron chi connectivity index (χ4n) is 3.79. The van der Waals surface area contributed by atoms with E-state index in [1.54, 1.807) is 23.1 Å². The van der Waals surface area contributed by atoms with Gasteiger partial charge in [0.2, 0.25) is 5.88 Å². The molecule has 33 heavy (non-hydrogen) atoms. The van der Waals surface area contributed by atoms with Crippen LogP contribution in [0.2, 0.25) is 0 Å². The summed E-state index contributed by atoms with van der Waals surface area (Å²) in [5, 5.41) is 8.85. The number of nitrogens with zero attached hydrogens (tertiary/aromatic N) is 4. The van der Waals surface area contributed by atoms with E-state index in [-0.39, 0.29) is 24.0 Å². The number of pyridine rings is 2. The van der Waals surface area contributed by atoms with Crippen LogP contribution in [0.3, 0.4) is 0 Å². The molecule has 1 fully saturated rings. The van der Waals surface area contributed by atoms with Crippen LogP contribution in [-0.4, -0.2) is 40.2 Å². The number of hydrogen-bond acceptors (Lipinski definition) is 6. The summed E-state index contributed by atoms with van der Waals surface area (Å²) in [7, 11) is 0. The summed E-state index contributed by atoms with van der Waals surface area (Å²) in [6.45, 7) is 1.18. The second kappa shape index (κ2) is 10.0. The number of halogens is 1. The van der Waals surface area contributed by atoms with E-state index in [0.29, 0.717) is 42.1 Å². The fraction of sp³-hybridized carbons (Fsp3) is 0.240. The molecular weight excluding hydrogens is 423 g/mol. The van der Waals surface area contributed by atoms with Crippen molar-refractivity contribution >= 4 is 12.2 Å². The molecule has 0 unspecified atom stereocenters. The average molecular weight is 444 g/mol. The van der Waals surface area contributed by atoms with Crippen molar-refractivity contribution in [1.82, 2.24) is 14.9 Å². The zero-order valence-electron chi connectivity index (χ0n) is 17.8. The molecule has 0 bridgehead atoms. The summed E-state index contributed by atoms with van der Waals surface area (Å²) in [5.74, 6) is -0.0120. The van der Waals surface area contributed by atoms with Gasteiger partial charge in [0, 0.05) is 42.5 Å². The molecule has 0 spiro atoms. The van der Waals surface area contributed by atoms with Gasteiger partial charge in [-0.15, -0.1) is 0 Å². The van der Waals surface area contributed by atoms with Gasteiger partial charge in [-0.05, 0) is 43.2 Å². The van der Waals surface area contributed by atoms with Crippen LogP contribution in [-0.2, 0) is 6.61 Å². The van der Waals surface area contributed by atoms with Gasteiger partial charge in [0.25, 0.3) is 5.91 Å². The number of ether oxygens (including phenoxy) is 1. The number of piperidine rings is 1. The molecule has 0 N–H and O–H groups in total. The van der Waals surface area contributed by atoms with Crippen molar-refractivity contribution in [1.29, 1.82) is 5.26 Å². The molecule has 1 aliphatic rings. The zero-order chi connectivity index (χ0) is 23.2. The molecule has 3 heterocycles. The Hall–Kier alpha value is -4.12. The lowest BCUT2D eigenvalue weighted by Gasteiger charge is -2.31. The number of benzene rings is 1. The van der Waals surface area contributed by atoms with Crippen LogP contribution >= 0.6 is 0 Å². The number of hydrogen-bond donors (Lipinski definition) is 0. The number of carbonyl (C=O) groups excluding carboxylic acids is 2. The molecule has 7 nitrogen and oxygen atoms in total. The number of likely N-dealkylation sites (tertiary alicyclic amines) is 1. The van der Waals surface area contributed by atoms with Gasteiger partial charge in [0.1, 0.15) is 18.1 Å². The quantitative estimate of drug-likeness (QED) is 0.535. The van der Waals surface area contributed by atoms with Crippen molar-refractivity contribution < 1.29 is 18.7 Å². The number of amides is 1. The molecule has 1 aromatic carbocycles. The number of rotatable bonds is 6. The summed E-state index contributed by atoms with van der Waals surface area (Å²) in [5.41, 5.74) is 2.24. The molecule has 3 aromatic rings. The van der Waals surface area contributed by atoms with Crippen LogP contribution in [0.4, 0.5) is 4.39 Å². The third-order valence-corrected chi connectivity index (χ3v) is 5.66. The van der Waals surface area contributed by atoms with Crippen LogP contribution in [0.5, 0.6) is 5.88 Å². The minimum absolute atomic E-state index is 0.0118. The Morgan fingerprint density at radius 3 is 2.70 bits per heavy atom. The molecule has 0 atom stereocenters. The normalized spacial score (nSPS) is 13.9. The van der Waals surface area contributed by atoms with Crippen LogP contribution in [0.25, 0.3) is 0 Å². The van der Waals surface area contributed by atoms with E-state index in [0.717, 1.165) is 18.5 Å². The minimum atomic E-state index is -0.488. The van der Waals surface area contributed by atoms with Gasteiger partial charge in [-0.2, -0.15) is 5.26 Å². The summed E-state index contributed by atoms with van der Waals surface area (Å²) >= 11 is 0. The number of nitriles is 1. The lowest BCUT2D eigenvalue weighted by Crippen LogP contribution is -2.38. The second-order valence-corrected chi connectivity index (χ2v) is 7.76. The van der Waals surface area contributed by atoms with E-state index in [4.69, 9.17) is 10.00 Å². The lowest BCUT2D eigenvalue weighted by molar-refractivity contribution is 0.0711. The summed E-state index contributed by atoms with van der Waals surface area (Å²) in [6.07, 6.45) is 3.58. The largest absolute Gasteiger partial charge is 0.473 e. The molecule has 0 aliphatic carbocycles. The highest BCUT2D eigenvalue weighted by Gasteiger charge is 2.25. The first-order chi connectivity index (χ1) is 16.1. The topological polar surface area (TPSA) is 96.2 Å². The Labute approximate surface area is 190 Å². The fourth-order valence-corrected chi connectivity index (χ4v) is 3.79. The Bertz CT molecular complexity index is 1200. The van der Waals surface area contributed by atoms with Gasteiger partial charge in [-0.25, -0.2) is 9.37 Å². The van der Waals surface area contributed by atoms with E-state index in [2.05, 4.69) is 9.97 Å².